The van der Waals surface area contributed by atoms with E-state index in [4.69, 9.17) is 4.42 Å². The number of nitrogens with zero attached hydrogens (tertiary/aromatic N) is 4. The third-order valence-electron chi connectivity index (χ3n) is 5.03. The summed E-state index contributed by atoms with van der Waals surface area (Å²) in [5.41, 5.74) is 3.21. The largest absolute Gasteiger partial charge is 0.465 e. The van der Waals surface area contributed by atoms with Gasteiger partial charge in [-0.25, -0.2) is 0 Å². The Morgan fingerprint density at radius 3 is 2.85 bits per heavy atom. The van der Waals surface area contributed by atoms with Gasteiger partial charge in [-0.3, -0.25) is 9.80 Å². The molecule has 26 heavy (non-hydrogen) atoms. The Kier molecular flexibility index (Phi) is 5.31. The highest BCUT2D eigenvalue weighted by atomic mass is 32.1. The third-order valence-corrected chi connectivity index (χ3v) is 5.59. The Bertz CT molecular complexity index is 862. The first kappa shape index (κ1) is 17.6. The minimum atomic E-state index is 0.211. The number of aliphatic hydroxyl groups is 1. The molecule has 0 radical (unpaired) electrons. The Morgan fingerprint density at radius 2 is 2.04 bits per heavy atom. The van der Waals surface area contributed by atoms with Crippen LogP contribution in [-0.2, 0) is 13.1 Å². The van der Waals surface area contributed by atoms with Gasteiger partial charge in [0.2, 0.25) is 0 Å². The summed E-state index contributed by atoms with van der Waals surface area (Å²) in [6.07, 6.45) is 0.783. The van der Waals surface area contributed by atoms with E-state index in [0.717, 1.165) is 61.7 Å². The minimum Gasteiger partial charge on any atom is -0.465 e. The number of rotatable bonds is 6. The second-order valence-corrected chi connectivity index (χ2v) is 7.50. The fourth-order valence-corrected chi connectivity index (χ4v) is 4.20. The second kappa shape index (κ2) is 7.84. The molecule has 1 aromatic carbocycles. The molecule has 1 fully saturated rings. The van der Waals surface area contributed by atoms with Gasteiger partial charge in [0.25, 0.3) is 0 Å². The molecule has 2 aromatic heterocycles. The molecule has 7 heteroatoms. The van der Waals surface area contributed by atoms with Gasteiger partial charge in [0, 0.05) is 38.8 Å². The van der Waals surface area contributed by atoms with Gasteiger partial charge in [0.15, 0.2) is 0 Å². The molecule has 1 atom stereocenters. The number of hydrogen-bond donors (Lipinski definition) is 1. The number of fused-ring (bicyclic) bond motifs is 1. The smallest absolute Gasteiger partial charge is 0.118 e. The van der Waals surface area contributed by atoms with Crippen LogP contribution >= 0.6 is 11.7 Å². The maximum Gasteiger partial charge on any atom is 0.118 e. The van der Waals surface area contributed by atoms with E-state index in [0.29, 0.717) is 6.04 Å². The van der Waals surface area contributed by atoms with Crippen molar-refractivity contribution in [2.24, 2.45) is 0 Å². The van der Waals surface area contributed by atoms with Crippen molar-refractivity contribution in [2.45, 2.75) is 32.5 Å². The number of furan rings is 1. The summed E-state index contributed by atoms with van der Waals surface area (Å²) in [6, 6.07) is 10.7. The van der Waals surface area contributed by atoms with Crippen molar-refractivity contribution in [3.05, 3.63) is 47.4 Å². The molecule has 0 aliphatic carbocycles. The average Bonchev–Trinajstić information content (AvgIpc) is 3.26. The molecule has 0 amide bonds. The zero-order valence-corrected chi connectivity index (χ0v) is 15.8. The lowest BCUT2D eigenvalue weighted by Crippen LogP contribution is -2.52. The lowest BCUT2D eigenvalue weighted by molar-refractivity contribution is 0.0454. The van der Waals surface area contributed by atoms with E-state index >= 15 is 0 Å². The molecule has 138 valence electrons. The predicted octanol–water partition coefficient (Wildman–Crippen LogP) is 2.66. The maximum absolute atomic E-state index is 9.49. The van der Waals surface area contributed by atoms with Crippen LogP contribution in [0.4, 0.5) is 0 Å². The highest BCUT2D eigenvalue weighted by molar-refractivity contribution is 7.00. The molecule has 0 spiro atoms. The van der Waals surface area contributed by atoms with Gasteiger partial charge in [0.05, 0.1) is 18.3 Å². The summed E-state index contributed by atoms with van der Waals surface area (Å²) in [5.74, 6) is 1.95. The number of benzene rings is 1. The molecule has 0 saturated carbocycles. The number of piperazine rings is 1. The van der Waals surface area contributed by atoms with Crippen molar-refractivity contribution in [1.82, 2.24) is 18.5 Å². The van der Waals surface area contributed by atoms with Crippen LogP contribution in [0.25, 0.3) is 11.0 Å². The first-order chi connectivity index (χ1) is 12.7. The highest BCUT2D eigenvalue weighted by Crippen LogP contribution is 2.21. The summed E-state index contributed by atoms with van der Waals surface area (Å²) in [6.45, 7) is 6.84. The summed E-state index contributed by atoms with van der Waals surface area (Å²) >= 11 is 1.26. The molecule has 1 aliphatic heterocycles. The Balaban J connectivity index is 1.41. The van der Waals surface area contributed by atoms with Crippen LogP contribution in [0.3, 0.4) is 0 Å². The van der Waals surface area contributed by atoms with Crippen LogP contribution in [0.2, 0.25) is 0 Å². The lowest BCUT2D eigenvalue weighted by atomic mass is 10.1. The molecule has 0 bridgehead atoms. The molecule has 0 unspecified atom stereocenters. The molecule has 1 N–H and O–H groups in total. The zero-order chi connectivity index (χ0) is 17.9. The van der Waals surface area contributed by atoms with Crippen LogP contribution in [0.1, 0.15) is 23.5 Å². The van der Waals surface area contributed by atoms with Gasteiger partial charge in [-0.15, -0.1) is 0 Å². The molecular formula is C19H24N4O2S. The molecule has 3 aromatic rings. The maximum atomic E-state index is 9.49. The minimum absolute atomic E-state index is 0.211. The SMILES string of the molecule is Cc1ccc(CN2CCN(Cc3ccc4nsnc4c3)C[C@H]2CCO)o1. The number of hydrogen-bond acceptors (Lipinski definition) is 7. The number of aliphatic hydroxyl groups excluding tert-OH is 1. The van der Waals surface area contributed by atoms with Crippen LogP contribution in [0.5, 0.6) is 0 Å². The van der Waals surface area contributed by atoms with Gasteiger partial charge in [-0.05, 0) is 43.2 Å². The molecular weight excluding hydrogens is 348 g/mol. The summed E-state index contributed by atoms with van der Waals surface area (Å²) < 4.78 is 14.3. The van der Waals surface area contributed by atoms with E-state index in [-0.39, 0.29) is 6.61 Å². The molecule has 3 heterocycles. The van der Waals surface area contributed by atoms with Gasteiger partial charge in [0.1, 0.15) is 22.6 Å². The highest BCUT2D eigenvalue weighted by Gasteiger charge is 2.27. The van der Waals surface area contributed by atoms with Crippen molar-refractivity contribution in [2.75, 3.05) is 26.2 Å². The quantitative estimate of drug-likeness (QED) is 0.718. The van der Waals surface area contributed by atoms with Crippen molar-refractivity contribution < 1.29 is 9.52 Å². The summed E-state index contributed by atoms with van der Waals surface area (Å²) in [5, 5.41) is 9.49. The van der Waals surface area contributed by atoms with Gasteiger partial charge in [-0.2, -0.15) is 8.75 Å². The van der Waals surface area contributed by atoms with Crippen molar-refractivity contribution >= 4 is 22.8 Å². The lowest BCUT2D eigenvalue weighted by Gasteiger charge is -2.41. The average molecular weight is 372 g/mol. The molecule has 6 nitrogen and oxygen atoms in total. The van der Waals surface area contributed by atoms with Crippen LogP contribution in [0, 0.1) is 6.92 Å². The second-order valence-electron chi connectivity index (χ2n) is 6.97. The standard InChI is InChI=1S/C19H24N4O2S/c1-14-2-4-17(25-14)13-23-8-7-22(12-16(23)6-9-24)11-15-3-5-18-19(10-15)21-26-20-18/h2-5,10,16,24H,6-9,11-13H2,1H3/t16-/m1/s1. The molecule has 1 saturated heterocycles. The van der Waals surface area contributed by atoms with Crippen molar-refractivity contribution in [1.29, 1.82) is 0 Å². The predicted molar refractivity (Wildman–Crippen MR) is 102 cm³/mol. The topological polar surface area (TPSA) is 65.6 Å². The fraction of sp³-hybridized carbons (Fsp3) is 0.474. The van der Waals surface area contributed by atoms with Gasteiger partial charge >= 0.3 is 0 Å². The van der Waals surface area contributed by atoms with Crippen molar-refractivity contribution in [3.63, 3.8) is 0 Å². The third kappa shape index (κ3) is 3.96. The van der Waals surface area contributed by atoms with Crippen LogP contribution in [-0.4, -0.2) is 55.9 Å². The van der Waals surface area contributed by atoms with Gasteiger partial charge < -0.3 is 9.52 Å². The number of aromatic nitrogens is 2. The van der Waals surface area contributed by atoms with Crippen LogP contribution < -0.4 is 0 Å². The van der Waals surface area contributed by atoms with E-state index in [1.54, 1.807) is 0 Å². The van der Waals surface area contributed by atoms with Crippen molar-refractivity contribution in [3.8, 4) is 0 Å². The Morgan fingerprint density at radius 1 is 1.15 bits per heavy atom. The van der Waals surface area contributed by atoms with E-state index < -0.39 is 0 Å². The summed E-state index contributed by atoms with van der Waals surface area (Å²) in [7, 11) is 0. The van der Waals surface area contributed by atoms with Crippen LogP contribution in [0.15, 0.2) is 34.7 Å². The number of aryl methyl sites for hydroxylation is 1. The first-order valence-corrected chi connectivity index (χ1v) is 9.78. The Labute approximate surface area is 157 Å². The first-order valence-electron chi connectivity index (χ1n) is 9.05. The molecule has 1 aliphatic rings. The zero-order valence-electron chi connectivity index (χ0n) is 15.0. The van der Waals surface area contributed by atoms with E-state index in [1.807, 2.05) is 13.0 Å². The summed E-state index contributed by atoms with van der Waals surface area (Å²) in [4.78, 5) is 4.89. The fourth-order valence-electron chi connectivity index (χ4n) is 3.69. The monoisotopic (exact) mass is 372 g/mol. The molecule has 4 rings (SSSR count). The van der Waals surface area contributed by atoms with Gasteiger partial charge in [-0.1, -0.05) is 6.07 Å². The van der Waals surface area contributed by atoms with E-state index in [9.17, 15) is 5.11 Å². The van der Waals surface area contributed by atoms with E-state index in [2.05, 4.69) is 42.8 Å². The Hall–Kier alpha value is -1.80. The normalized spacial score (nSPS) is 19.4. The van der Waals surface area contributed by atoms with E-state index in [1.165, 1.54) is 17.3 Å².